The van der Waals surface area contributed by atoms with Crippen molar-refractivity contribution < 1.29 is 9.47 Å². The van der Waals surface area contributed by atoms with Gasteiger partial charge in [-0.1, -0.05) is 6.92 Å². The van der Waals surface area contributed by atoms with Crippen molar-refractivity contribution in [2.45, 2.75) is 25.6 Å². The van der Waals surface area contributed by atoms with E-state index in [1.165, 1.54) is 0 Å². The van der Waals surface area contributed by atoms with Crippen LogP contribution in [-0.2, 0) is 9.47 Å². The molecule has 0 saturated carbocycles. The summed E-state index contributed by atoms with van der Waals surface area (Å²) >= 11 is 0. The normalized spacial score (nSPS) is 35.0. The van der Waals surface area contributed by atoms with Crippen molar-refractivity contribution in [1.29, 1.82) is 0 Å². The molecule has 2 saturated heterocycles. The lowest BCUT2D eigenvalue weighted by molar-refractivity contribution is -0.258. The third-order valence-electron chi connectivity index (χ3n) is 2.66. The predicted molar refractivity (Wildman–Crippen MR) is 46.2 cm³/mol. The lowest BCUT2D eigenvalue weighted by atomic mass is 9.98. The van der Waals surface area contributed by atoms with E-state index in [4.69, 9.17) is 9.47 Å². The second-order valence-electron chi connectivity index (χ2n) is 3.93. The zero-order chi connectivity index (χ0) is 8.60. The molecule has 1 atom stereocenters. The van der Waals surface area contributed by atoms with Crippen LogP contribution in [0.4, 0.5) is 0 Å². The summed E-state index contributed by atoms with van der Waals surface area (Å²) in [6.45, 7) is 9.15. The summed E-state index contributed by atoms with van der Waals surface area (Å²) in [6.07, 6.45) is 0.364. The van der Waals surface area contributed by atoms with Gasteiger partial charge in [0.05, 0.1) is 19.3 Å². The molecule has 0 bridgehead atoms. The van der Waals surface area contributed by atoms with E-state index in [0.29, 0.717) is 6.10 Å². The zero-order valence-electron chi connectivity index (χ0n) is 7.88. The Hall–Kier alpha value is -0.120. The van der Waals surface area contributed by atoms with Gasteiger partial charge in [-0.3, -0.25) is 4.90 Å². The molecule has 2 fully saturated rings. The van der Waals surface area contributed by atoms with Gasteiger partial charge in [0.2, 0.25) is 0 Å². The monoisotopic (exact) mass is 171 g/mol. The van der Waals surface area contributed by atoms with Gasteiger partial charge >= 0.3 is 0 Å². The summed E-state index contributed by atoms with van der Waals surface area (Å²) in [7, 11) is 0. The van der Waals surface area contributed by atoms with E-state index in [2.05, 4.69) is 18.7 Å². The van der Waals surface area contributed by atoms with E-state index in [-0.39, 0.29) is 5.60 Å². The molecule has 2 heterocycles. The van der Waals surface area contributed by atoms with Crippen molar-refractivity contribution in [3.63, 3.8) is 0 Å². The second kappa shape index (κ2) is 2.98. The van der Waals surface area contributed by atoms with Crippen LogP contribution < -0.4 is 0 Å². The van der Waals surface area contributed by atoms with Gasteiger partial charge in [-0.25, -0.2) is 0 Å². The Kier molecular flexibility index (Phi) is 2.10. The number of hydrogen-bond acceptors (Lipinski definition) is 3. The number of nitrogens with zero attached hydrogens (tertiary/aromatic N) is 1. The highest BCUT2D eigenvalue weighted by Gasteiger charge is 2.45. The van der Waals surface area contributed by atoms with Gasteiger partial charge in [0.1, 0.15) is 5.60 Å². The SMILES string of the molecule is CCN1C[C@H](C)OC2(COC2)C1. The van der Waals surface area contributed by atoms with Crippen LogP contribution in [0.3, 0.4) is 0 Å². The van der Waals surface area contributed by atoms with Crippen LogP contribution in [0.2, 0.25) is 0 Å². The number of hydrogen-bond donors (Lipinski definition) is 0. The van der Waals surface area contributed by atoms with E-state index in [1.54, 1.807) is 0 Å². The summed E-state index contributed by atoms with van der Waals surface area (Å²) in [5.41, 5.74) is 0.0493. The Bertz CT molecular complexity index is 168. The smallest absolute Gasteiger partial charge is 0.128 e. The molecule has 70 valence electrons. The van der Waals surface area contributed by atoms with Crippen LogP contribution in [-0.4, -0.2) is 49.5 Å². The predicted octanol–water partition coefficient (Wildman–Crippen LogP) is 0.496. The molecule has 1 spiro atoms. The number of ether oxygens (including phenoxy) is 2. The Balaban J connectivity index is 1.98. The van der Waals surface area contributed by atoms with Crippen molar-refractivity contribution in [3.05, 3.63) is 0 Å². The van der Waals surface area contributed by atoms with E-state index < -0.39 is 0 Å². The van der Waals surface area contributed by atoms with Gasteiger partial charge in [0, 0.05) is 13.1 Å². The highest BCUT2D eigenvalue weighted by atomic mass is 16.6. The molecule has 12 heavy (non-hydrogen) atoms. The fourth-order valence-corrected chi connectivity index (χ4v) is 2.07. The first kappa shape index (κ1) is 8.48. The lowest BCUT2D eigenvalue weighted by Gasteiger charge is -2.49. The van der Waals surface area contributed by atoms with Crippen molar-refractivity contribution in [2.75, 3.05) is 32.8 Å². The van der Waals surface area contributed by atoms with Crippen molar-refractivity contribution >= 4 is 0 Å². The molecule has 0 aromatic heterocycles. The van der Waals surface area contributed by atoms with Gasteiger partial charge in [0.25, 0.3) is 0 Å². The molecule has 0 aromatic rings. The van der Waals surface area contributed by atoms with Gasteiger partial charge in [-0.2, -0.15) is 0 Å². The molecule has 0 amide bonds. The Morgan fingerprint density at radius 3 is 2.75 bits per heavy atom. The highest BCUT2D eigenvalue weighted by Crippen LogP contribution is 2.28. The van der Waals surface area contributed by atoms with Crippen molar-refractivity contribution in [3.8, 4) is 0 Å². The van der Waals surface area contributed by atoms with Gasteiger partial charge < -0.3 is 9.47 Å². The van der Waals surface area contributed by atoms with E-state index in [1.807, 2.05) is 0 Å². The molecular weight excluding hydrogens is 154 g/mol. The summed E-state index contributed by atoms with van der Waals surface area (Å²) < 4.78 is 11.1. The largest absolute Gasteiger partial charge is 0.375 e. The third-order valence-corrected chi connectivity index (χ3v) is 2.66. The summed E-state index contributed by atoms with van der Waals surface area (Å²) in [6, 6.07) is 0. The summed E-state index contributed by atoms with van der Waals surface area (Å²) in [5.74, 6) is 0. The van der Waals surface area contributed by atoms with E-state index in [9.17, 15) is 0 Å². The fraction of sp³-hybridized carbons (Fsp3) is 1.00. The van der Waals surface area contributed by atoms with E-state index in [0.717, 1.165) is 32.8 Å². The highest BCUT2D eigenvalue weighted by molar-refractivity contribution is 4.94. The zero-order valence-corrected chi connectivity index (χ0v) is 7.88. The first-order valence-corrected chi connectivity index (χ1v) is 4.72. The molecule has 3 heteroatoms. The molecule has 0 radical (unpaired) electrons. The van der Waals surface area contributed by atoms with E-state index >= 15 is 0 Å². The Labute approximate surface area is 73.6 Å². The minimum absolute atomic E-state index is 0.0493. The average molecular weight is 171 g/mol. The minimum atomic E-state index is 0.0493. The maximum atomic E-state index is 5.88. The summed E-state index contributed by atoms with van der Waals surface area (Å²) in [5, 5.41) is 0. The Morgan fingerprint density at radius 2 is 2.25 bits per heavy atom. The van der Waals surface area contributed by atoms with Gasteiger partial charge in [0.15, 0.2) is 0 Å². The number of morpholine rings is 1. The molecule has 0 aromatic carbocycles. The topological polar surface area (TPSA) is 21.7 Å². The second-order valence-corrected chi connectivity index (χ2v) is 3.93. The maximum Gasteiger partial charge on any atom is 0.128 e. The number of likely N-dealkylation sites (N-methyl/N-ethyl adjacent to an activating group) is 1. The summed E-state index contributed by atoms with van der Waals surface area (Å²) in [4.78, 5) is 2.44. The Morgan fingerprint density at radius 1 is 1.50 bits per heavy atom. The maximum absolute atomic E-state index is 5.88. The van der Waals surface area contributed by atoms with Crippen LogP contribution in [0.5, 0.6) is 0 Å². The molecule has 0 N–H and O–H groups in total. The van der Waals surface area contributed by atoms with Gasteiger partial charge in [-0.15, -0.1) is 0 Å². The van der Waals surface area contributed by atoms with Crippen LogP contribution in [0, 0.1) is 0 Å². The van der Waals surface area contributed by atoms with Gasteiger partial charge in [-0.05, 0) is 13.5 Å². The molecule has 2 aliphatic rings. The van der Waals surface area contributed by atoms with Crippen molar-refractivity contribution in [2.24, 2.45) is 0 Å². The minimum Gasteiger partial charge on any atom is -0.375 e. The molecule has 0 unspecified atom stereocenters. The third kappa shape index (κ3) is 1.37. The van der Waals surface area contributed by atoms with Crippen LogP contribution in [0.15, 0.2) is 0 Å². The quantitative estimate of drug-likeness (QED) is 0.573. The number of rotatable bonds is 1. The first-order valence-electron chi connectivity index (χ1n) is 4.72. The molecule has 2 rings (SSSR count). The fourth-order valence-electron chi connectivity index (χ4n) is 2.07. The average Bonchev–Trinajstić information content (AvgIpc) is 2.00. The molecule has 0 aliphatic carbocycles. The van der Waals surface area contributed by atoms with Crippen LogP contribution in [0.1, 0.15) is 13.8 Å². The molecular formula is C9H17NO2. The lowest BCUT2D eigenvalue weighted by Crippen LogP contribution is -2.64. The van der Waals surface area contributed by atoms with Crippen molar-refractivity contribution in [1.82, 2.24) is 4.90 Å². The molecule has 3 nitrogen and oxygen atoms in total. The first-order chi connectivity index (χ1) is 5.74. The van der Waals surface area contributed by atoms with Crippen LogP contribution in [0.25, 0.3) is 0 Å². The van der Waals surface area contributed by atoms with Crippen LogP contribution >= 0.6 is 0 Å². The standard InChI is InChI=1S/C9H17NO2/c1-3-10-4-8(2)12-9(5-10)6-11-7-9/h8H,3-7H2,1-2H3/t8-/m0/s1. The molecule has 2 aliphatic heterocycles.